The number of carbonyl (C=O) groups is 1. The Kier molecular flexibility index (Phi) is 6.43. The molecule has 0 saturated carbocycles. The average molecular weight is 347 g/mol. The number of nitrogens with zero attached hydrogens (tertiary/aromatic N) is 3. The number of hydrogen-bond acceptors (Lipinski definition) is 6. The van der Waals surface area contributed by atoms with Crippen molar-refractivity contribution in [1.29, 1.82) is 0 Å². The minimum Gasteiger partial charge on any atom is -0.383 e. The van der Waals surface area contributed by atoms with Crippen LogP contribution in [0.3, 0.4) is 0 Å². The Morgan fingerprint density at radius 1 is 1.59 bits per heavy atom. The second-order valence-electron chi connectivity index (χ2n) is 5.62. The van der Waals surface area contributed by atoms with Gasteiger partial charge in [-0.05, 0) is 19.4 Å². The van der Waals surface area contributed by atoms with E-state index in [2.05, 4.69) is 15.2 Å². The monoisotopic (exact) mass is 346 g/mol. The number of aromatic nitrogens is 1. The lowest BCUT2D eigenvalue weighted by atomic mass is 10.1. The van der Waals surface area contributed by atoms with E-state index in [1.54, 1.807) is 7.11 Å². The lowest BCUT2D eigenvalue weighted by Crippen LogP contribution is -2.48. The zero-order chi connectivity index (χ0) is 16.1. The van der Waals surface area contributed by atoms with Crippen LogP contribution in [0.25, 0.3) is 0 Å². The van der Waals surface area contributed by atoms with Gasteiger partial charge in [-0.15, -0.1) is 0 Å². The number of anilines is 1. The van der Waals surface area contributed by atoms with Gasteiger partial charge >= 0.3 is 0 Å². The fourth-order valence-electron chi connectivity index (χ4n) is 2.47. The van der Waals surface area contributed by atoms with Gasteiger partial charge < -0.3 is 15.0 Å². The summed E-state index contributed by atoms with van der Waals surface area (Å²) in [5, 5.41) is 4.09. The van der Waals surface area contributed by atoms with Crippen LogP contribution < -0.4 is 10.2 Å². The summed E-state index contributed by atoms with van der Waals surface area (Å²) in [6.07, 6.45) is 2.07. The highest BCUT2D eigenvalue weighted by Crippen LogP contribution is 2.28. The molecule has 22 heavy (non-hydrogen) atoms. The van der Waals surface area contributed by atoms with Crippen molar-refractivity contribution in [1.82, 2.24) is 15.2 Å². The van der Waals surface area contributed by atoms with E-state index in [1.165, 1.54) is 11.3 Å². The van der Waals surface area contributed by atoms with Crippen LogP contribution in [0.1, 0.15) is 22.5 Å². The topological polar surface area (TPSA) is 57.7 Å². The van der Waals surface area contributed by atoms with Crippen molar-refractivity contribution in [2.45, 2.75) is 18.9 Å². The van der Waals surface area contributed by atoms with Gasteiger partial charge in [-0.3, -0.25) is 9.69 Å². The molecule has 1 aliphatic heterocycles. The lowest BCUT2D eigenvalue weighted by molar-refractivity contribution is 0.0882. The summed E-state index contributed by atoms with van der Waals surface area (Å²) in [5.41, 5.74) is 0. The molecule has 1 amide bonds. The number of hydrogen-bond donors (Lipinski definition) is 1. The van der Waals surface area contributed by atoms with Crippen LogP contribution >= 0.6 is 22.9 Å². The number of rotatable bonds is 6. The highest BCUT2D eigenvalue weighted by Gasteiger charge is 2.24. The molecular formula is C14H23ClN4O2S. The number of likely N-dealkylation sites (tertiary alicyclic amines) is 1. The van der Waals surface area contributed by atoms with Crippen LogP contribution in [-0.2, 0) is 4.74 Å². The molecule has 1 unspecified atom stereocenters. The number of carbonyl (C=O) groups excluding carboxylic acids is 1. The standard InChI is InChI=1S/C14H23ClN4O2S/c1-18(2)14-17-12(15)11(22-14)13(20)16-10-5-4-6-19(9-10)7-8-21-3/h10H,4-9H2,1-3H3,(H,16,20). The number of nitrogens with one attached hydrogen (secondary N) is 1. The molecule has 1 saturated heterocycles. The number of halogens is 1. The van der Waals surface area contributed by atoms with Gasteiger partial charge in [0.05, 0.1) is 6.61 Å². The minimum absolute atomic E-state index is 0.130. The van der Waals surface area contributed by atoms with Crippen LogP contribution in [0.15, 0.2) is 0 Å². The molecule has 0 aliphatic carbocycles. The third kappa shape index (κ3) is 4.55. The molecule has 0 aromatic carbocycles. The molecule has 1 aromatic heterocycles. The molecule has 6 nitrogen and oxygen atoms in total. The lowest BCUT2D eigenvalue weighted by Gasteiger charge is -2.32. The molecular weight excluding hydrogens is 324 g/mol. The summed E-state index contributed by atoms with van der Waals surface area (Å²) in [6.45, 7) is 3.52. The summed E-state index contributed by atoms with van der Waals surface area (Å²) in [7, 11) is 5.47. The Labute approximate surface area is 140 Å². The second kappa shape index (κ2) is 8.10. The van der Waals surface area contributed by atoms with E-state index in [-0.39, 0.29) is 17.1 Å². The van der Waals surface area contributed by atoms with Gasteiger partial charge in [-0.2, -0.15) is 0 Å². The Morgan fingerprint density at radius 3 is 3.00 bits per heavy atom. The van der Waals surface area contributed by atoms with Gasteiger partial charge in [-0.25, -0.2) is 4.98 Å². The van der Waals surface area contributed by atoms with E-state index in [0.29, 0.717) is 11.5 Å². The van der Waals surface area contributed by atoms with Crippen molar-refractivity contribution in [3.8, 4) is 0 Å². The number of piperidine rings is 1. The fourth-order valence-corrected chi connectivity index (χ4v) is 3.59. The molecule has 1 aliphatic rings. The van der Waals surface area contributed by atoms with E-state index >= 15 is 0 Å². The van der Waals surface area contributed by atoms with Gasteiger partial charge in [0.1, 0.15) is 4.88 Å². The van der Waals surface area contributed by atoms with E-state index in [9.17, 15) is 4.79 Å². The van der Waals surface area contributed by atoms with Crippen LogP contribution in [-0.4, -0.2) is 69.3 Å². The Balaban J connectivity index is 1.93. The third-order valence-electron chi connectivity index (χ3n) is 3.62. The van der Waals surface area contributed by atoms with Crippen LogP contribution in [0, 0.1) is 0 Å². The van der Waals surface area contributed by atoms with Crippen molar-refractivity contribution < 1.29 is 9.53 Å². The molecule has 1 aromatic rings. The van der Waals surface area contributed by atoms with Crippen LogP contribution in [0.5, 0.6) is 0 Å². The van der Waals surface area contributed by atoms with E-state index < -0.39 is 0 Å². The highest BCUT2D eigenvalue weighted by atomic mass is 35.5. The summed E-state index contributed by atoms with van der Waals surface area (Å²) in [4.78, 5) is 21.3. The molecule has 1 N–H and O–H groups in total. The predicted molar refractivity (Wildman–Crippen MR) is 90.3 cm³/mol. The van der Waals surface area contributed by atoms with Crippen molar-refractivity contribution in [3.63, 3.8) is 0 Å². The molecule has 124 valence electrons. The molecule has 2 heterocycles. The number of amides is 1. The number of ether oxygens (including phenoxy) is 1. The van der Waals surface area contributed by atoms with Gasteiger partial charge in [0.2, 0.25) is 0 Å². The van der Waals surface area contributed by atoms with Crippen molar-refractivity contribution in [2.24, 2.45) is 0 Å². The number of thiazole rings is 1. The molecule has 0 spiro atoms. The molecule has 8 heteroatoms. The first-order valence-electron chi connectivity index (χ1n) is 7.37. The Morgan fingerprint density at radius 2 is 2.36 bits per heavy atom. The summed E-state index contributed by atoms with van der Waals surface area (Å²) in [6, 6.07) is 0.152. The second-order valence-corrected chi connectivity index (χ2v) is 6.95. The Bertz CT molecular complexity index is 509. The SMILES string of the molecule is COCCN1CCCC(NC(=O)c2sc(N(C)C)nc2Cl)C1. The fraction of sp³-hybridized carbons (Fsp3) is 0.714. The number of methoxy groups -OCH3 is 1. The highest BCUT2D eigenvalue weighted by molar-refractivity contribution is 7.18. The minimum atomic E-state index is -0.130. The van der Waals surface area contributed by atoms with Crippen molar-refractivity contribution in [3.05, 3.63) is 10.0 Å². The quantitative estimate of drug-likeness (QED) is 0.849. The average Bonchev–Trinajstić information content (AvgIpc) is 2.88. The maximum Gasteiger partial charge on any atom is 0.264 e. The van der Waals surface area contributed by atoms with E-state index in [0.717, 1.165) is 37.6 Å². The van der Waals surface area contributed by atoms with Gasteiger partial charge in [-0.1, -0.05) is 22.9 Å². The summed E-state index contributed by atoms with van der Waals surface area (Å²) < 4.78 is 5.11. The third-order valence-corrected chi connectivity index (χ3v) is 5.22. The molecule has 0 bridgehead atoms. The molecule has 1 fully saturated rings. The first-order valence-corrected chi connectivity index (χ1v) is 8.56. The maximum absolute atomic E-state index is 12.4. The van der Waals surface area contributed by atoms with E-state index in [1.807, 2.05) is 19.0 Å². The zero-order valence-corrected chi connectivity index (χ0v) is 14.8. The normalized spacial score (nSPS) is 19.2. The van der Waals surface area contributed by atoms with Crippen molar-refractivity contribution >= 4 is 34.0 Å². The van der Waals surface area contributed by atoms with E-state index in [4.69, 9.17) is 16.3 Å². The Hall–Kier alpha value is -0.890. The first-order chi connectivity index (χ1) is 10.5. The molecule has 1 atom stereocenters. The van der Waals surface area contributed by atoms with Gasteiger partial charge in [0.25, 0.3) is 5.91 Å². The summed E-state index contributed by atoms with van der Waals surface area (Å²) in [5.74, 6) is -0.130. The van der Waals surface area contributed by atoms with Crippen LogP contribution in [0.2, 0.25) is 5.15 Å². The van der Waals surface area contributed by atoms with Gasteiger partial charge in [0, 0.05) is 40.3 Å². The van der Waals surface area contributed by atoms with Crippen LogP contribution in [0.4, 0.5) is 5.13 Å². The zero-order valence-electron chi connectivity index (χ0n) is 13.3. The summed E-state index contributed by atoms with van der Waals surface area (Å²) >= 11 is 7.40. The first kappa shape index (κ1) is 17.5. The van der Waals surface area contributed by atoms with Gasteiger partial charge in [0.15, 0.2) is 10.3 Å². The maximum atomic E-state index is 12.4. The molecule has 0 radical (unpaired) electrons. The predicted octanol–water partition coefficient (Wildman–Crippen LogP) is 1.70. The largest absolute Gasteiger partial charge is 0.383 e. The van der Waals surface area contributed by atoms with Crippen molar-refractivity contribution in [2.75, 3.05) is 52.3 Å². The molecule has 2 rings (SSSR count). The smallest absolute Gasteiger partial charge is 0.264 e.